The number of ether oxygens (including phenoxy) is 1. The fourth-order valence-corrected chi connectivity index (χ4v) is 1.45. The molecular formula is C11H19N5O2. The first-order chi connectivity index (χ1) is 8.37. The van der Waals surface area contributed by atoms with Crippen LogP contribution in [0, 0.1) is 5.92 Å². The van der Waals surface area contributed by atoms with Crippen molar-refractivity contribution in [3.8, 4) is 0 Å². The Hall–Kier alpha value is -1.79. The van der Waals surface area contributed by atoms with E-state index in [4.69, 9.17) is 4.74 Å². The Bertz CT molecular complexity index is 377. The van der Waals surface area contributed by atoms with Crippen LogP contribution in [0.3, 0.4) is 0 Å². The van der Waals surface area contributed by atoms with Gasteiger partial charge in [-0.15, -0.1) is 5.10 Å². The van der Waals surface area contributed by atoms with Crippen LogP contribution in [-0.2, 0) is 4.74 Å². The van der Waals surface area contributed by atoms with Crippen molar-refractivity contribution in [3.05, 3.63) is 0 Å². The molecule has 1 heterocycles. The van der Waals surface area contributed by atoms with Gasteiger partial charge in [-0.25, -0.2) is 9.79 Å². The number of carbonyl (C=O) groups excluding carboxylic acids is 1. The number of hydrogen-bond acceptors (Lipinski definition) is 4. The third kappa shape index (κ3) is 3.90. The monoisotopic (exact) mass is 253 g/mol. The van der Waals surface area contributed by atoms with Gasteiger partial charge in [0.05, 0.1) is 13.0 Å². The number of carbonyl (C=O) groups is 1. The van der Waals surface area contributed by atoms with Crippen LogP contribution in [0.5, 0.6) is 0 Å². The van der Waals surface area contributed by atoms with E-state index >= 15 is 0 Å². The summed E-state index contributed by atoms with van der Waals surface area (Å²) in [6, 6.07) is 0. The second kappa shape index (κ2) is 5.70. The first kappa shape index (κ1) is 14.3. The molecule has 7 nitrogen and oxygen atoms in total. The van der Waals surface area contributed by atoms with Crippen LogP contribution in [0.25, 0.3) is 0 Å². The Labute approximate surface area is 107 Å². The summed E-state index contributed by atoms with van der Waals surface area (Å²) in [6.07, 6.45) is -0.320. The van der Waals surface area contributed by atoms with Crippen molar-refractivity contribution in [3.63, 3.8) is 0 Å². The Morgan fingerprint density at radius 3 is 2.44 bits per heavy atom. The van der Waals surface area contributed by atoms with E-state index in [9.17, 15) is 4.79 Å². The minimum absolute atomic E-state index is 0.0560. The molecule has 100 valence electrons. The summed E-state index contributed by atoms with van der Waals surface area (Å²) in [4.78, 5) is 17.1. The topological polar surface area (TPSA) is 79.0 Å². The maximum atomic E-state index is 11.7. The third-order valence-corrected chi connectivity index (χ3v) is 2.30. The molecule has 1 aliphatic heterocycles. The van der Waals surface area contributed by atoms with E-state index in [2.05, 4.69) is 27.1 Å². The van der Waals surface area contributed by atoms with Gasteiger partial charge in [0.1, 0.15) is 5.60 Å². The molecule has 18 heavy (non-hydrogen) atoms. The maximum absolute atomic E-state index is 11.7. The largest absolute Gasteiger partial charge is 0.444 e. The van der Waals surface area contributed by atoms with E-state index < -0.39 is 5.60 Å². The van der Waals surface area contributed by atoms with Crippen LogP contribution in [-0.4, -0.2) is 49.3 Å². The zero-order chi connectivity index (χ0) is 13.8. The smallest absolute Gasteiger partial charge is 0.410 e. The zero-order valence-corrected chi connectivity index (χ0v) is 11.3. The first-order valence-corrected chi connectivity index (χ1v) is 5.68. The summed E-state index contributed by atoms with van der Waals surface area (Å²) in [5.41, 5.74) is -0.480. The highest BCUT2D eigenvalue weighted by Gasteiger charge is 2.36. The lowest BCUT2D eigenvalue weighted by atomic mass is 10.00. The van der Waals surface area contributed by atoms with Gasteiger partial charge >= 0.3 is 6.09 Å². The second-order valence-corrected chi connectivity index (χ2v) is 4.99. The molecule has 0 saturated carbocycles. The molecule has 0 N–H and O–H groups in total. The Balaban J connectivity index is 2.48. The van der Waals surface area contributed by atoms with E-state index in [1.807, 2.05) is 20.8 Å². The fourth-order valence-electron chi connectivity index (χ4n) is 1.45. The zero-order valence-electron chi connectivity index (χ0n) is 11.3. The molecule has 0 aromatic rings. The molecule has 0 spiro atoms. The van der Waals surface area contributed by atoms with Crippen molar-refractivity contribution in [1.29, 1.82) is 0 Å². The Morgan fingerprint density at radius 2 is 2.00 bits per heavy atom. The van der Waals surface area contributed by atoms with Crippen LogP contribution in [0.2, 0.25) is 0 Å². The predicted molar refractivity (Wildman–Crippen MR) is 69.1 cm³/mol. The van der Waals surface area contributed by atoms with E-state index in [1.165, 1.54) is 7.05 Å². The summed E-state index contributed by atoms with van der Waals surface area (Å²) < 4.78 is 5.24. The summed E-state index contributed by atoms with van der Waals surface area (Å²) in [5.74, 6) is 0.556. The lowest BCUT2D eigenvalue weighted by molar-refractivity contribution is 0.00684. The van der Waals surface area contributed by atoms with E-state index in [1.54, 1.807) is 4.90 Å². The van der Waals surface area contributed by atoms with Crippen LogP contribution in [0.4, 0.5) is 4.79 Å². The van der Waals surface area contributed by atoms with Gasteiger partial charge in [0, 0.05) is 13.1 Å². The van der Waals surface area contributed by atoms with E-state index in [0.29, 0.717) is 18.9 Å². The molecule has 1 aliphatic rings. The molecule has 1 saturated heterocycles. The lowest BCUT2D eigenvalue weighted by Crippen LogP contribution is -2.54. The van der Waals surface area contributed by atoms with Gasteiger partial charge in [0.25, 0.3) is 0 Å². The quantitative estimate of drug-likeness (QED) is 0.326. The maximum Gasteiger partial charge on any atom is 0.410 e. The van der Waals surface area contributed by atoms with Crippen LogP contribution in [0.1, 0.15) is 20.8 Å². The van der Waals surface area contributed by atoms with Gasteiger partial charge < -0.3 is 9.64 Å². The Morgan fingerprint density at radius 1 is 1.39 bits per heavy atom. The van der Waals surface area contributed by atoms with Crippen molar-refractivity contribution in [2.24, 2.45) is 26.3 Å². The first-order valence-electron chi connectivity index (χ1n) is 5.68. The number of amidine groups is 1. The molecule has 0 aromatic heterocycles. The van der Waals surface area contributed by atoms with E-state index in [-0.39, 0.29) is 12.0 Å². The average molecular weight is 253 g/mol. The van der Waals surface area contributed by atoms with Gasteiger partial charge in [-0.05, 0) is 32.7 Å². The molecule has 1 amide bonds. The highest BCUT2D eigenvalue weighted by Crippen LogP contribution is 2.21. The molecule has 0 bridgehead atoms. The van der Waals surface area contributed by atoms with E-state index in [0.717, 1.165) is 0 Å². The summed E-state index contributed by atoms with van der Waals surface area (Å²) in [5, 5.41) is 10.8. The molecule has 1 rings (SSSR count). The van der Waals surface area contributed by atoms with Crippen molar-refractivity contribution in [2.45, 2.75) is 26.4 Å². The highest BCUT2D eigenvalue weighted by molar-refractivity contribution is 5.90. The number of likely N-dealkylation sites (tertiary alicyclic amines) is 1. The SMILES string of the molecule is C=N/C(=N\N=NC)C1CN(C(=O)OC(C)(C)C)C1. The number of rotatable bonds is 2. The summed E-state index contributed by atoms with van der Waals surface area (Å²) in [6.45, 7) is 9.97. The van der Waals surface area contributed by atoms with Gasteiger partial charge in [-0.3, -0.25) is 0 Å². The molecule has 0 aromatic carbocycles. The fraction of sp³-hybridized carbons (Fsp3) is 0.727. The Kier molecular flexibility index (Phi) is 4.52. The van der Waals surface area contributed by atoms with Gasteiger partial charge in [-0.1, -0.05) is 0 Å². The van der Waals surface area contributed by atoms with Crippen LogP contribution in [0.15, 0.2) is 20.4 Å². The van der Waals surface area contributed by atoms with Gasteiger partial charge in [-0.2, -0.15) is 5.11 Å². The molecule has 0 unspecified atom stereocenters. The van der Waals surface area contributed by atoms with Crippen molar-refractivity contribution in [2.75, 3.05) is 20.1 Å². The van der Waals surface area contributed by atoms with Gasteiger partial charge in [0.2, 0.25) is 0 Å². The molecular weight excluding hydrogens is 234 g/mol. The summed E-state index contributed by atoms with van der Waals surface area (Å²) in [7, 11) is 1.53. The van der Waals surface area contributed by atoms with Crippen molar-refractivity contribution < 1.29 is 9.53 Å². The standard InChI is InChI=1S/C11H19N5O2/c1-11(2,3)18-10(17)16-6-8(7-16)9(12-4)14-15-13-5/h8H,4,6-7H2,1-3,5H3/b14-9-,15-13?. The molecule has 0 aliphatic carbocycles. The second-order valence-electron chi connectivity index (χ2n) is 4.99. The number of aliphatic imine (C=N–C) groups is 1. The van der Waals surface area contributed by atoms with Crippen molar-refractivity contribution in [1.82, 2.24) is 4.90 Å². The normalized spacial score (nSPS) is 17.8. The van der Waals surface area contributed by atoms with Crippen molar-refractivity contribution >= 4 is 18.6 Å². The lowest BCUT2D eigenvalue weighted by Gasteiger charge is -2.38. The third-order valence-electron chi connectivity index (χ3n) is 2.30. The predicted octanol–water partition coefficient (Wildman–Crippen LogP) is 1.95. The number of hydrogen-bond donors (Lipinski definition) is 0. The molecule has 0 radical (unpaired) electrons. The van der Waals surface area contributed by atoms with Gasteiger partial charge in [0.15, 0.2) is 5.84 Å². The minimum atomic E-state index is -0.480. The summed E-state index contributed by atoms with van der Waals surface area (Å²) >= 11 is 0. The minimum Gasteiger partial charge on any atom is -0.444 e. The highest BCUT2D eigenvalue weighted by atomic mass is 16.6. The van der Waals surface area contributed by atoms with Crippen LogP contribution >= 0.6 is 0 Å². The molecule has 7 heteroatoms. The number of nitrogens with zero attached hydrogens (tertiary/aromatic N) is 5. The average Bonchev–Trinajstić information content (AvgIpc) is 2.18. The number of amides is 1. The molecule has 1 fully saturated rings. The molecule has 0 atom stereocenters. The van der Waals surface area contributed by atoms with Crippen LogP contribution < -0.4 is 0 Å².